The molecule has 5 rings (SSSR count). The van der Waals surface area contributed by atoms with Crippen LogP contribution in [0.25, 0.3) is 11.4 Å². The van der Waals surface area contributed by atoms with E-state index < -0.39 is 0 Å². The number of ether oxygens (including phenoxy) is 2. The van der Waals surface area contributed by atoms with Crippen LogP contribution in [0.4, 0.5) is 5.69 Å². The van der Waals surface area contributed by atoms with Gasteiger partial charge in [-0.15, -0.1) is 5.10 Å². The Bertz CT molecular complexity index is 1100. The lowest BCUT2D eigenvalue weighted by atomic mass is 10.0. The smallest absolute Gasteiger partial charge is 0.251 e. The molecule has 2 aliphatic rings. The van der Waals surface area contributed by atoms with Gasteiger partial charge in [0.05, 0.1) is 19.3 Å². The quantitative estimate of drug-likeness (QED) is 0.655. The maximum Gasteiger partial charge on any atom is 0.251 e. The lowest BCUT2D eigenvalue weighted by molar-refractivity contribution is 0.0615. The first kappa shape index (κ1) is 20.6. The highest BCUT2D eigenvalue weighted by molar-refractivity contribution is 5.94. The van der Waals surface area contributed by atoms with Gasteiger partial charge in [-0.1, -0.05) is 17.7 Å². The summed E-state index contributed by atoms with van der Waals surface area (Å²) >= 11 is 0. The van der Waals surface area contributed by atoms with Crippen molar-refractivity contribution in [2.45, 2.75) is 31.2 Å². The molecule has 4 atom stereocenters. The van der Waals surface area contributed by atoms with Crippen molar-refractivity contribution in [3.8, 4) is 11.4 Å². The second kappa shape index (κ2) is 8.33. The molecule has 9 heteroatoms. The van der Waals surface area contributed by atoms with Crippen LogP contribution >= 0.6 is 0 Å². The number of amides is 1. The number of aromatic nitrogens is 4. The molecule has 0 unspecified atom stereocenters. The summed E-state index contributed by atoms with van der Waals surface area (Å²) in [4.78, 5) is 14.7. The van der Waals surface area contributed by atoms with Gasteiger partial charge in [0, 0.05) is 30.9 Å². The van der Waals surface area contributed by atoms with E-state index in [1.54, 1.807) is 4.68 Å². The molecule has 0 aliphatic carbocycles. The lowest BCUT2D eigenvalue weighted by Gasteiger charge is -2.18. The molecule has 2 aromatic carbocycles. The summed E-state index contributed by atoms with van der Waals surface area (Å²) in [6.07, 6.45) is -0.482. The maximum atomic E-state index is 12.7. The van der Waals surface area contributed by atoms with Gasteiger partial charge in [-0.2, -0.15) is 0 Å². The minimum atomic E-state index is -0.248. The summed E-state index contributed by atoms with van der Waals surface area (Å²) in [6, 6.07) is 15.2. The number of fused-ring (bicyclic) bond motifs is 1. The molecule has 3 aromatic rings. The van der Waals surface area contributed by atoms with Gasteiger partial charge < -0.3 is 19.7 Å². The maximum absolute atomic E-state index is 12.7. The fourth-order valence-corrected chi connectivity index (χ4v) is 4.28. The summed E-state index contributed by atoms with van der Waals surface area (Å²) in [6.45, 7) is 2.80. The normalized spacial score (nSPS) is 24.3. The van der Waals surface area contributed by atoms with Crippen LogP contribution < -0.4 is 10.2 Å². The molecule has 1 aromatic heterocycles. The Balaban J connectivity index is 1.31. The Morgan fingerprint density at radius 1 is 1.03 bits per heavy atom. The van der Waals surface area contributed by atoms with E-state index in [1.807, 2.05) is 74.4 Å². The van der Waals surface area contributed by atoms with Crippen molar-refractivity contribution in [1.29, 1.82) is 0 Å². The van der Waals surface area contributed by atoms with E-state index in [0.29, 0.717) is 24.6 Å². The highest BCUT2D eigenvalue weighted by Crippen LogP contribution is 2.36. The van der Waals surface area contributed by atoms with Crippen molar-refractivity contribution in [2.75, 3.05) is 32.2 Å². The van der Waals surface area contributed by atoms with Crippen LogP contribution in [0.2, 0.25) is 0 Å². The topological polar surface area (TPSA) is 94.4 Å². The van der Waals surface area contributed by atoms with Gasteiger partial charge in [0.25, 0.3) is 5.91 Å². The van der Waals surface area contributed by atoms with Crippen LogP contribution in [-0.2, 0) is 9.47 Å². The molecule has 0 saturated carbocycles. The minimum Gasteiger partial charge on any atom is -0.378 e. The monoisotopic (exact) mass is 434 g/mol. The van der Waals surface area contributed by atoms with Gasteiger partial charge in [-0.25, -0.2) is 4.68 Å². The third-order valence-corrected chi connectivity index (χ3v) is 6.11. The molecular formula is C23H26N6O3. The zero-order chi connectivity index (χ0) is 22.2. The molecule has 0 bridgehead atoms. The van der Waals surface area contributed by atoms with E-state index in [4.69, 9.17) is 9.47 Å². The number of carbonyl (C=O) groups is 1. The van der Waals surface area contributed by atoms with Crippen molar-refractivity contribution in [3.63, 3.8) is 0 Å². The number of hydrogen-bond acceptors (Lipinski definition) is 7. The fraction of sp³-hybridized carbons (Fsp3) is 0.391. The summed E-state index contributed by atoms with van der Waals surface area (Å²) in [5.41, 5.74) is 3.76. The van der Waals surface area contributed by atoms with Crippen LogP contribution in [0.3, 0.4) is 0 Å². The second-order valence-electron chi connectivity index (χ2n) is 8.50. The van der Waals surface area contributed by atoms with Crippen LogP contribution in [0, 0.1) is 6.92 Å². The van der Waals surface area contributed by atoms with Gasteiger partial charge >= 0.3 is 0 Å². The Labute approximate surface area is 186 Å². The van der Waals surface area contributed by atoms with Crippen LogP contribution in [0.1, 0.15) is 22.0 Å². The number of rotatable bonds is 5. The fourth-order valence-electron chi connectivity index (χ4n) is 4.28. The first-order valence-corrected chi connectivity index (χ1v) is 10.7. The molecule has 3 heterocycles. The number of tetrazole rings is 1. The summed E-state index contributed by atoms with van der Waals surface area (Å²) < 4.78 is 13.9. The largest absolute Gasteiger partial charge is 0.378 e. The Kier molecular flexibility index (Phi) is 5.36. The van der Waals surface area contributed by atoms with Gasteiger partial charge in [-0.05, 0) is 53.7 Å². The first-order chi connectivity index (χ1) is 15.5. The second-order valence-corrected chi connectivity index (χ2v) is 8.50. The average Bonchev–Trinajstić information content (AvgIpc) is 3.51. The number of benzene rings is 2. The number of nitrogens with zero attached hydrogens (tertiary/aromatic N) is 5. The molecule has 0 radical (unpaired) electrons. The Morgan fingerprint density at radius 3 is 2.47 bits per heavy atom. The highest BCUT2D eigenvalue weighted by atomic mass is 16.6. The number of aryl methyl sites for hydroxylation is 1. The lowest BCUT2D eigenvalue weighted by Crippen LogP contribution is -2.44. The zero-order valence-electron chi connectivity index (χ0n) is 18.3. The summed E-state index contributed by atoms with van der Waals surface area (Å²) in [7, 11) is 4.00. The molecule has 1 N–H and O–H groups in total. The number of anilines is 1. The Hall–Kier alpha value is -3.30. The molecule has 2 aliphatic heterocycles. The molecule has 32 heavy (non-hydrogen) atoms. The van der Waals surface area contributed by atoms with Crippen LogP contribution in [0.15, 0.2) is 48.5 Å². The van der Waals surface area contributed by atoms with E-state index >= 15 is 0 Å². The van der Waals surface area contributed by atoms with Crippen molar-refractivity contribution in [3.05, 3.63) is 59.7 Å². The van der Waals surface area contributed by atoms with E-state index in [1.165, 1.54) is 0 Å². The van der Waals surface area contributed by atoms with Gasteiger partial charge in [-0.3, -0.25) is 4.79 Å². The van der Waals surface area contributed by atoms with Crippen molar-refractivity contribution >= 4 is 11.6 Å². The van der Waals surface area contributed by atoms with Crippen LogP contribution in [0.5, 0.6) is 0 Å². The third kappa shape index (κ3) is 3.74. The Morgan fingerprint density at radius 2 is 1.75 bits per heavy atom. The van der Waals surface area contributed by atoms with Crippen molar-refractivity contribution < 1.29 is 14.3 Å². The van der Waals surface area contributed by atoms with Gasteiger partial charge in [0.1, 0.15) is 18.2 Å². The molecular weight excluding hydrogens is 408 g/mol. The number of carbonyl (C=O) groups excluding carboxylic acids is 1. The molecule has 0 spiro atoms. The predicted molar refractivity (Wildman–Crippen MR) is 119 cm³/mol. The molecule has 1 amide bonds. The van der Waals surface area contributed by atoms with E-state index in [9.17, 15) is 4.79 Å². The minimum absolute atomic E-state index is 0.129. The zero-order valence-corrected chi connectivity index (χ0v) is 18.3. The van der Waals surface area contributed by atoms with Gasteiger partial charge in [0.2, 0.25) is 0 Å². The molecule has 166 valence electrons. The predicted octanol–water partition coefficient (Wildman–Crippen LogP) is 1.85. The molecule has 2 fully saturated rings. The van der Waals surface area contributed by atoms with E-state index in [2.05, 4.69) is 20.8 Å². The summed E-state index contributed by atoms with van der Waals surface area (Å²) in [5, 5.41) is 15.4. The van der Waals surface area contributed by atoms with Crippen LogP contribution in [-0.4, -0.2) is 71.7 Å². The van der Waals surface area contributed by atoms with E-state index in [0.717, 1.165) is 16.8 Å². The van der Waals surface area contributed by atoms with E-state index in [-0.39, 0.29) is 30.2 Å². The number of nitrogens with one attached hydrogen (secondary N) is 1. The average molecular weight is 435 g/mol. The molecule has 9 nitrogen and oxygen atoms in total. The highest BCUT2D eigenvalue weighted by Gasteiger charge is 2.50. The standard InChI is InChI=1S/C23H26N6O3/c1-14-4-6-16(7-5-14)23(30)24-18-12-31-21-19(13-32-20(18)21)29-22(25-26-27-29)15-8-10-17(11-9-15)28(2)3/h4-11,18-21H,12-13H2,1-3H3,(H,24,30)/t18-,19+,20-,21+/m1/s1. The molecule has 2 saturated heterocycles. The van der Waals surface area contributed by atoms with Crippen molar-refractivity contribution in [1.82, 2.24) is 25.5 Å². The third-order valence-electron chi connectivity index (χ3n) is 6.11. The number of hydrogen-bond donors (Lipinski definition) is 1. The first-order valence-electron chi connectivity index (χ1n) is 10.7. The summed E-state index contributed by atoms with van der Waals surface area (Å²) in [5.74, 6) is 0.538. The SMILES string of the molecule is Cc1ccc(C(=O)N[C@@H]2CO[C@@H]3[C@@H]2OC[C@@H]3n2nnnc2-c2ccc(N(C)C)cc2)cc1. The van der Waals surface area contributed by atoms with Crippen molar-refractivity contribution in [2.24, 2.45) is 0 Å². The van der Waals surface area contributed by atoms with Gasteiger partial charge in [0.15, 0.2) is 5.82 Å².